The van der Waals surface area contributed by atoms with Crippen LogP contribution in [0.25, 0.3) is 0 Å². The fraction of sp³-hybridized carbons (Fsp3) is 0.636. The van der Waals surface area contributed by atoms with E-state index in [0.29, 0.717) is 6.54 Å². The SMILES string of the molecule is CCNC(=O)C1CNCCN1Cc1cscn1. The zero-order chi connectivity index (χ0) is 12.1. The highest BCUT2D eigenvalue weighted by molar-refractivity contribution is 7.07. The first-order chi connectivity index (χ1) is 8.31. The minimum Gasteiger partial charge on any atom is -0.355 e. The molecule has 1 amide bonds. The number of carbonyl (C=O) groups excluding carboxylic acids is 1. The number of rotatable bonds is 4. The van der Waals surface area contributed by atoms with E-state index in [2.05, 4.69) is 20.5 Å². The van der Waals surface area contributed by atoms with E-state index in [1.54, 1.807) is 11.3 Å². The number of likely N-dealkylation sites (N-methyl/N-ethyl adjacent to an activating group) is 1. The maximum Gasteiger partial charge on any atom is 0.238 e. The molecule has 94 valence electrons. The third kappa shape index (κ3) is 3.24. The lowest BCUT2D eigenvalue weighted by molar-refractivity contribution is -0.127. The minimum absolute atomic E-state index is 0.0783. The number of nitrogens with one attached hydrogen (secondary N) is 2. The molecule has 1 unspecified atom stereocenters. The van der Waals surface area contributed by atoms with Crippen LogP contribution in [0.15, 0.2) is 10.9 Å². The van der Waals surface area contributed by atoms with Crippen molar-refractivity contribution in [3.8, 4) is 0 Å². The number of thiazole rings is 1. The van der Waals surface area contributed by atoms with Crippen LogP contribution in [0.5, 0.6) is 0 Å². The predicted molar refractivity (Wildman–Crippen MR) is 67.9 cm³/mol. The Labute approximate surface area is 105 Å². The summed E-state index contributed by atoms with van der Waals surface area (Å²) in [6.07, 6.45) is 0. The van der Waals surface area contributed by atoms with Gasteiger partial charge in [0.2, 0.25) is 5.91 Å². The fourth-order valence-corrected chi connectivity index (χ4v) is 2.56. The lowest BCUT2D eigenvalue weighted by Gasteiger charge is -2.34. The molecule has 5 nitrogen and oxygen atoms in total. The number of hydrogen-bond acceptors (Lipinski definition) is 5. The van der Waals surface area contributed by atoms with Crippen molar-refractivity contribution in [2.75, 3.05) is 26.2 Å². The highest BCUT2D eigenvalue weighted by Gasteiger charge is 2.28. The molecule has 1 aliphatic rings. The molecule has 17 heavy (non-hydrogen) atoms. The van der Waals surface area contributed by atoms with Crippen LogP contribution in [-0.4, -0.2) is 48.0 Å². The Kier molecular flexibility index (Phi) is 4.47. The maximum absolute atomic E-state index is 11.9. The molecule has 2 rings (SSSR count). The molecule has 0 aromatic carbocycles. The van der Waals surface area contributed by atoms with Crippen LogP contribution in [0.3, 0.4) is 0 Å². The Bertz CT molecular complexity index is 354. The Morgan fingerprint density at radius 1 is 1.76 bits per heavy atom. The molecule has 2 heterocycles. The first kappa shape index (κ1) is 12.5. The van der Waals surface area contributed by atoms with Crippen LogP contribution >= 0.6 is 11.3 Å². The minimum atomic E-state index is -0.0783. The number of amides is 1. The number of hydrogen-bond donors (Lipinski definition) is 2. The predicted octanol–water partition coefficient (Wildman–Crippen LogP) is 0.0530. The van der Waals surface area contributed by atoms with Crippen molar-refractivity contribution < 1.29 is 4.79 Å². The van der Waals surface area contributed by atoms with E-state index in [0.717, 1.165) is 31.9 Å². The Morgan fingerprint density at radius 3 is 3.35 bits per heavy atom. The quantitative estimate of drug-likeness (QED) is 0.797. The van der Waals surface area contributed by atoms with Gasteiger partial charge in [-0.25, -0.2) is 4.98 Å². The van der Waals surface area contributed by atoms with Gasteiger partial charge in [-0.2, -0.15) is 0 Å². The van der Waals surface area contributed by atoms with Gasteiger partial charge in [0.25, 0.3) is 0 Å². The molecule has 1 fully saturated rings. The second-order valence-electron chi connectivity index (χ2n) is 4.06. The van der Waals surface area contributed by atoms with Crippen molar-refractivity contribution in [2.45, 2.75) is 19.5 Å². The standard InChI is InChI=1S/C11H18N4OS/c1-2-13-11(16)10-5-12-3-4-15(10)6-9-7-17-8-14-9/h7-8,10,12H,2-6H2,1H3,(H,13,16). The van der Waals surface area contributed by atoms with Crippen LogP contribution in [0.2, 0.25) is 0 Å². The monoisotopic (exact) mass is 254 g/mol. The van der Waals surface area contributed by atoms with Crippen molar-refractivity contribution >= 4 is 17.2 Å². The summed E-state index contributed by atoms with van der Waals surface area (Å²) in [7, 11) is 0. The summed E-state index contributed by atoms with van der Waals surface area (Å²) in [6.45, 7) is 5.92. The number of aromatic nitrogens is 1. The summed E-state index contributed by atoms with van der Waals surface area (Å²) in [5.74, 6) is 0.106. The van der Waals surface area contributed by atoms with Crippen molar-refractivity contribution in [1.29, 1.82) is 0 Å². The smallest absolute Gasteiger partial charge is 0.238 e. The van der Waals surface area contributed by atoms with Crippen LogP contribution in [0, 0.1) is 0 Å². The number of carbonyl (C=O) groups is 1. The summed E-state index contributed by atoms with van der Waals surface area (Å²) in [5, 5.41) is 8.19. The molecule has 0 bridgehead atoms. The summed E-state index contributed by atoms with van der Waals surface area (Å²) in [5.41, 5.74) is 2.88. The molecule has 1 aliphatic heterocycles. The average Bonchev–Trinajstić information content (AvgIpc) is 2.83. The molecule has 2 N–H and O–H groups in total. The largest absolute Gasteiger partial charge is 0.355 e. The summed E-state index contributed by atoms with van der Waals surface area (Å²) in [4.78, 5) is 18.4. The van der Waals surface area contributed by atoms with Gasteiger partial charge in [-0.3, -0.25) is 9.69 Å². The van der Waals surface area contributed by atoms with Crippen LogP contribution in [0.1, 0.15) is 12.6 Å². The van der Waals surface area contributed by atoms with E-state index in [4.69, 9.17) is 0 Å². The highest BCUT2D eigenvalue weighted by atomic mass is 32.1. The average molecular weight is 254 g/mol. The highest BCUT2D eigenvalue weighted by Crippen LogP contribution is 2.10. The topological polar surface area (TPSA) is 57.3 Å². The van der Waals surface area contributed by atoms with E-state index >= 15 is 0 Å². The number of nitrogens with zero attached hydrogens (tertiary/aromatic N) is 2. The van der Waals surface area contributed by atoms with E-state index < -0.39 is 0 Å². The lowest BCUT2D eigenvalue weighted by atomic mass is 10.1. The second kappa shape index (κ2) is 6.09. The van der Waals surface area contributed by atoms with Crippen LogP contribution in [-0.2, 0) is 11.3 Å². The lowest BCUT2D eigenvalue weighted by Crippen LogP contribution is -2.57. The molecular formula is C11H18N4OS. The van der Waals surface area contributed by atoms with Gasteiger partial charge in [-0.05, 0) is 6.92 Å². The van der Waals surface area contributed by atoms with E-state index in [1.165, 1.54) is 0 Å². The Morgan fingerprint density at radius 2 is 2.65 bits per heavy atom. The zero-order valence-electron chi connectivity index (χ0n) is 9.98. The molecule has 0 spiro atoms. The van der Waals surface area contributed by atoms with Gasteiger partial charge in [0.1, 0.15) is 6.04 Å². The van der Waals surface area contributed by atoms with Gasteiger partial charge in [-0.15, -0.1) is 11.3 Å². The Hall–Kier alpha value is -0.980. The first-order valence-electron chi connectivity index (χ1n) is 5.90. The molecule has 0 aliphatic carbocycles. The molecule has 0 radical (unpaired) electrons. The fourth-order valence-electron chi connectivity index (χ4n) is 2.01. The van der Waals surface area contributed by atoms with Crippen molar-refractivity contribution in [3.63, 3.8) is 0 Å². The van der Waals surface area contributed by atoms with E-state index in [1.807, 2.05) is 17.8 Å². The zero-order valence-corrected chi connectivity index (χ0v) is 10.8. The number of piperazine rings is 1. The van der Waals surface area contributed by atoms with Gasteiger partial charge >= 0.3 is 0 Å². The molecule has 1 atom stereocenters. The molecule has 0 saturated carbocycles. The molecule has 1 aromatic rings. The van der Waals surface area contributed by atoms with Gasteiger partial charge in [0.15, 0.2) is 0 Å². The molecular weight excluding hydrogens is 236 g/mol. The molecule has 1 aromatic heterocycles. The normalized spacial score (nSPS) is 21.4. The summed E-state index contributed by atoms with van der Waals surface area (Å²) < 4.78 is 0. The molecule has 6 heteroatoms. The first-order valence-corrected chi connectivity index (χ1v) is 6.85. The third-order valence-electron chi connectivity index (χ3n) is 2.86. The van der Waals surface area contributed by atoms with E-state index in [9.17, 15) is 4.79 Å². The van der Waals surface area contributed by atoms with E-state index in [-0.39, 0.29) is 11.9 Å². The van der Waals surface area contributed by atoms with Gasteiger partial charge < -0.3 is 10.6 Å². The Balaban J connectivity index is 1.99. The summed E-state index contributed by atoms with van der Waals surface area (Å²) >= 11 is 1.59. The van der Waals surface area contributed by atoms with Crippen LogP contribution < -0.4 is 10.6 Å². The van der Waals surface area contributed by atoms with Crippen LogP contribution in [0.4, 0.5) is 0 Å². The van der Waals surface area contributed by atoms with Gasteiger partial charge in [-0.1, -0.05) is 0 Å². The van der Waals surface area contributed by atoms with Crippen molar-refractivity contribution in [1.82, 2.24) is 20.5 Å². The second-order valence-corrected chi connectivity index (χ2v) is 4.78. The maximum atomic E-state index is 11.9. The third-order valence-corrected chi connectivity index (χ3v) is 3.49. The molecule has 1 saturated heterocycles. The van der Waals surface area contributed by atoms with Crippen molar-refractivity contribution in [3.05, 3.63) is 16.6 Å². The summed E-state index contributed by atoms with van der Waals surface area (Å²) in [6, 6.07) is -0.0783. The van der Waals surface area contributed by atoms with Crippen molar-refractivity contribution in [2.24, 2.45) is 0 Å². The van der Waals surface area contributed by atoms with Gasteiger partial charge in [0, 0.05) is 38.1 Å². The van der Waals surface area contributed by atoms with Gasteiger partial charge in [0.05, 0.1) is 11.2 Å².